The van der Waals surface area contributed by atoms with Gasteiger partial charge in [-0.25, -0.2) is 4.79 Å². The van der Waals surface area contributed by atoms with E-state index in [2.05, 4.69) is 10.3 Å². The van der Waals surface area contributed by atoms with Gasteiger partial charge in [0.1, 0.15) is 0 Å². The normalized spacial score (nSPS) is 11.9. The third-order valence-corrected chi connectivity index (χ3v) is 2.29. The van der Waals surface area contributed by atoms with Gasteiger partial charge in [-0.05, 0) is 13.0 Å². The van der Waals surface area contributed by atoms with Gasteiger partial charge >= 0.3 is 5.97 Å². The van der Waals surface area contributed by atoms with Crippen LogP contribution < -0.4 is 5.32 Å². The Morgan fingerprint density at radius 1 is 1.59 bits per heavy atom. The van der Waals surface area contributed by atoms with Crippen LogP contribution in [0.2, 0.25) is 5.02 Å². The molecule has 0 saturated carbocycles. The summed E-state index contributed by atoms with van der Waals surface area (Å²) in [6, 6.07) is 1.52. The average Bonchev–Trinajstić information content (AvgIpc) is 2.25. The van der Waals surface area contributed by atoms with Crippen LogP contribution in [0.25, 0.3) is 0 Å². The maximum absolute atomic E-state index is 11.6. The minimum absolute atomic E-state index is 0.134. The number of aliphatic carboxylic acids is 1. The molecule has 1 heterocycles. The van der Waals surface area contributed by atoms with Crippen molar-refractivity contribution in [3.8, 4) is 0 Å². The average molecular weight is 259 g/mol. The van der Waals surface area contributed by atoms with Crippen molar-refractivity contribution >= 4 is 23.5 Å². The van der Waals surface area contributed by atoms with Gasteiger partial charge in [0.2, 0.25) is 0 Å². The third-order valence-electron chi connectivity index (χ3n) is 1.98. The minimum Gasteiger partial charge on any atom is -0.479 e. The number of amides is 1. The number of aromatic nitrogens is 1. The van der Waals surface area contributed by atoms with Crippen LogP contribution in [0.4, 0.5) is 0 Å². The summed E-state index contributed by atoms with van der Waals surface area (Å²) < 4.78 is 0. The van der Waals surface area contributed by atoms with Crippen LogP contribution in [0.1, 0.15) is 16.1 Å². The molecule has 0 aromatic carbocycles. The van der Waals surface area contributed by atoms with E-state index in [9.17, 15) is 9.59 Å². The van der Waals surface area contributed by atoms with Crippen LogP contribution in [0.15, 0.2) is 12.3 Å². The van der Waals surface area contributed by atoms with Crippen molar-refractivity contribution in [1.29, 1.82) is 0 Å². The number of pyridine rings is 1. The summed E-state index contributed by atoms with van der Waals surface area (Å²) in [7, 11) is 0. The second-order valence-corrected chi connectivity index (χ2v) is 3.78. The van der Waals surface area contributed by atoms with Crippen molar-refractivity contribution in [1.82, 2.24) is 10.3 Å². The van der Waals surface area contributed by atoms with E-state index >= 15 is 0 Å². The van der Waals surface area contributed by atoms with Gasteiger partial charge in [0, 0.05) is 11.9 Å². The number of rotatable bonds is 4. The van der Waals surface area contributed by atoms with Gasteiger partial charge in [-0.15, -0.1) is 0 Å². The van der Waals surface area contributed by atoms with Crippen molar-refractivity contribution < 1.29 is 19.8 Å². The zero-order valence-corrected chi connectivity index (χ0v) is 9.73. The molecule has 0 fully saturated rings. The number of nitrogens with zero attached hydrogens (tertiary/aromatic N) is 1. The predicted molar refractivity (Wildman–Crippen MR) is 60.0 cm³/mol. The number of hydrogen-bond acceptors (Lipinski definition) is 4. The maximum atomic E-state index is 11.6. The molecule has 6 nitrogen and oxygen atoms in total. The van der Waals surface area contributed by atoms with E-state index < -0.39 is 24.5 Å². The largest absolute Gasteiger partial charge is 0.479 e. The molecule has 0 aliphatic carbocycles. The molecule has 0 spiro atoms. The lowest BCUT2D eigenvalue weighted by Gasteiger charge is -2.08. The maximum Gasteiger partial charge on any atom is 0.334 e. The summed E-state index contributed by atoms with van der Waals surface area (Å²) >= 11 is 5.82. The van der Waals surface area contributed by atoms with Crippen LogP contribution in [-0.2, 0) is 4.79 Å². The fourth-order valence-corrected chi connectivity index (χ4v) is 1.36. The van der Waals surface area contributed by atoms with Crippen molar-refractivity contribution in [2.24, 2.45) is 0 Å². The van der Waals surface area contributed by atoms with Gasteiger partial charge in [-0.1, -0.05) is 11.6 Å². The number of halogens is 1. The molecule has 1 atom stereocenters. The fourth-order valence-electron chi connectivity index (χ4n) is 1.07. The van der Waals surface area contributed by atoms with Crippen molar-refractivity contribution in [2.45, 2.75) is 13.0 Å². The van der Waals surface area contributed by atoms with E-state index in [-0.39, 0.29) is 10.6 Å². The molecule has 1 unspecified atom stereocenters. The molecule has 7 heteroatoms. The van der Waals surface area contributed by atoms with Gasteiger partial charge in [0.15, 0.2) is 6.10 Å². The van der Waals surface area contributed by atoms with Crippen LogP contribution >= 0.6 is 11.6 Å². The first kappa shape index (κ1) is 13.4. The SMILES string of the molecule is Cc1cc(Cl)c(C(=O)NCC(O)C(=O)O)cn1. The van der Waals surface area contributed by atoms with Crippen LogP contribution in [0, 0.1) is 6.92 Å². The van der Waals surface area contributed by atoms with E-state index in [1.807, 2.05) is 0 Å². The van der Waals surface area contributed by atoms with Crippen molar-refractivity contribution in [3.05, 3.63) is 28.5 Å². The van der Waals surface area contributed by atoms with E-state index in [1.54, 1.807) is 6.92 Å². The zero-order chi connectivity index (χ0) is 13.0. The van der Waals surface area contributed by atoms with Gasteiger partial charge in [0.25, 0.3) is 5.91 Å². The smallest absolute Gasteiger partial charge is 0.334 e. The van der Waals surface area contributed by atoms with Crippen LogP contribution in [0.5, 0.6) is 0 Å². The lowest BCUT2D eigenvalue weighted by atomic mass is 10.2. The van der Waals surface area contributed by atoms with E-state index in [1.165, 1.54) is 12.3 Å². The molecule has 1 aromatic heterocycles. The number of carboxylic acid groups (broad SMARTS) is 1. The summed E-state index contributed by atoms with van der Waals surface area (Å²) in [5.41, 5.74) is 0.798. The predicted octanol–water partition coefficient (Wildman–Crippen LogP) is 0.219. The molecule has 0 bridgehead atoms. The molecular formula is C10H11ClN2O4. The highest BCUT2D eigenvalue weighted by Gasteiger charge is 2.16. The fraction of sp³-hybridized carbons (Fsp3) is 0.300. The van der Waals surface area contributed by atoms with E-state index in [0.29, 0.717) is 5.69 Å². The van der Waals surface area contributed by atoms with Gasteiger partial charge in [-0.3, -0.25) is 9.78 Å². The Balaban J connectivity index is 2.67. The third kappa shape index (κ3) is 3.69. The first-order valence-corrected chi connectivity index (χ1v) is 5.11. The lowest BCUT2D eigenvalue weighted by Crippen LogP contribution is -2.36. The number of aliphatic hydroxyl groups excluding tert-OH is 1. The lowest BCUT2D eigenvalue weighted by molar-refractivity contribution is -0.146. The molecule has 3 N–H and O–H groups in total. The monoisotopic (exact) mass is 258 g/mol. The molecule has 1 rings (SSSR count). The first-order chi connectivity index (χ1) is 7.91. The van der Waals surface area contributed by atoms with Crippen LogP contribution in [0.3, 0.4) is 0 Å². The Hall–Kier alpha value is -1.66. The summed E-state index contributed by atoms with van der Waals surface area (Å²) in [4.78, 5) is 25.8. The van der Waals surface area contributed by atoms with Crippen LogP contribution in [-0.4, -0.2) is 39.7 Å². The number of carbonyl (C=O) groups excluding carboxylic acids is 1. The highest BCUT2D eigenvalue weighted by Crippen LogP contribution is 2.15. The van der Waals surface area contributed by atoms with Crippen molar-refractivity contribution in [2.75, 3.05) is 6.54 Å². The minimum atomic E-state index is -1.64. The molecule has 0 aliphatic heterocycles. The number of hydrogen-bond donors (Lipinski definition) is 3. The quantitative estimate of drug-likeness (QED) is 0.717. The number of carbonyl (C=O) groups is 2. The Kier molecular flexibility index (Phi) is 4.42. The van der Waals surface area contributed by atoms with E-state index in [4.69, 9.17) is 21.8 Å². The van der Waals surface area contributed by atoms with Crippen molar-refractivity contribution in [3.63, 3.8) is 0 Å². The highest BCUT2D eigenvalue weighted by atomic mass is 35.5. The summed E-state index contributed by atoms with van der Waals surface area (Å²) in [6.45, 7) is 1.33. The zero-order valence-electron chi connectivity index (χ0n) is 8.98. The van der Waals surface area contributed by atoms with Gasteiger partial charge in [0.05, 0.1) is 17.1 Å². The second kappa shape index (κ2) is 5.60. The Morgan fingerprint density at radius 2 is 2.24 bits per heavy atom. The molecule has 1 aromatic rings. The second-order valence-electron chi connectivity index (χ2n) is 3.37. The van der Waals surface area contributed by atoms with Gasteiger partial charge in [-0.2, -0.15) is 0 Å². The molecule has 17 heavy (non-hydrogen) atoms. The Morgan fingerprint density at radius 3 is 2.76 bits per heavy atom. The Bertz CT molecular complexity index is 450. The number of nitrogens with one attached hydrogen (secondary N) is 1. The molecule has 92 valence electrons. The highest BCUT2D eigenvalue weighted by molar-refractivity contribution is 6.33. The number of aryl methyl sites for hydroxylation is 1. The molecule has 0 aliphatic rings. The van der Waals surface area contributed by atoms with E-state index in [0.717, 1.165) is 0 Å². The summed E-state index contributed by atoms with van der Waals surface area (Å²) in [6.07, 6.45) is -0.351. The number of carboxylic acids is 1. The molecule has 0 radical (unpaired) electrons. The first-order valence-electron chi connectivity index (χ1n) is 4.73. The molecule has 1 amide bonds. The number of aliphatic hydroxyl groups is 1. The molecular weight excluding hydrogens is 248 g/mol. The Labute approximate surface area is 102 Å². The summed E-state index contributed by atoms with van der Waals surface area (Å²) in [5, 5.41) is 19.9. The summed E-state index contributed by atoms with van der Waals surface area (Å²) in [5.74, 6) is -1.98. The standard InChI is InChI=1S/C10H11ClN2O4/c1-5-2-7(11)6(3-12-5)9(15)13-4-8(14)10(16)17/h2-3,8,14H,4H2,1H3,(H,13,15)(H,16,17). The molecule has 0 saturated heterocycles. The van der Waals surface area contributed by atoms with Gasteiger partial charge < -0.3 is 15.5 Å². The topological polar surface area (TPSA) is 99.5 Å².